The largest absolute Gasteiger partial charge is 0.389 e. The van der Waals surface area contributed by atoms with Gasteiger partial charge in [-0.15, -0.1) is 0 Å². The van der Waals surface area contributed by atoms with Crippen LogP contribution >= 0.6 is 0 Å². The van der Waals surface area contributed by atoms with Crippen LogP contribution in [-0.4, -0.2) is 72.7 Å². The number of amides is 2. The number of halogens is 2. The van der Waals surface area contributed by atoms with Crippen LogP contribution in [0.15, 0.2) is 36.4 Å². The fraction of sp³-hybridized carbons (Fsp3) is 0.500. The van der Waals surface area contributed by atoms with E-state index in [2.05, 4.69) is 16.0 Å². The van der Waals surface area contributed by atoms with E-state index in [-0.39, 0.29) is 23.9 Å². The molecule has 202 valence electrons. The Balaban J connectivity index is 1.86. The van der Waals surface area contributed by atoms with Crippen molar-refractivity contribution in [3.63, 3.8) is 0 Å². The second kappa shape index (κ2) is 13.6. The molecule has 1 fully saturated rings. The lowest BCUT2D eigenvalue weighted by molar-refractivity contribution is 0.0675. The first-order valence-electron chi connectivity index (χ1n) is 13.0. The molecule has 2 aromatic rings. The highest BCUT2D eigenvalue weighted by Gasteiger charge is 2.31. The van der Waals surface area contributed by atoms with Crippen molar-refractivity contribution in [1.82, 2.24) is 20.9 Å². The van der Waals surface area contributed by atoms with Crippen molar-refractivity contribution < 1.29 is 23.5 Å². The van der Waals surface area contributed by atoms with Crippen LogP contribution < -0.4 is 16.0 Å². The molecule has 4 N–H and O–H groups in total. The molecule has 0 aromatic heterocycles. The van der Waals surface area contributed by atoms with Gasteiger partial charge >= 0.3 is 0 Å². The van der Waals surface area contributed by atoms with Gasteiger partial charge in [-0.3, -0.25) is 9.59 Å². The molecule has 0 radical (unpaired) electrons. The van der Waals surface area contributed by atoms with E-state index < -0.39 is 29.7 Å². The number of nitrogens with one attached hydrogen (secondary N) is 3. The summed E-state index contributed by atoms with van der Waals surface area (Å²) in [6.45, 7) is 8.98. The van der Waals surface area contributed by atoms with Crippen molar-refractivity contribution in [2.45, 2.75) is 58.2 Å². The van der Waals surface area contributed by atoms with Gasteiger partial charge in [0.05, 0.1) is 12.1 Å². The average molecular weight is 517 g/mol. The number of aryl methyl sites for hydroxylation is 1. The summed E-state index contributed by atoms with van der Waals surface area (Å²) >= 11 is 0. The molecular formula is C28H38F2N4O3. The Kier molecular flexibility index (Phi) is 10.5. The molecule has 2 aromatic carbocycles. The molecule has 0 aliphatic carbocycles. The first-order chi connectivity index (χ1) is 17.7. The minimum absolute atomic E-state index is 0.0259. The van der Waals surface area contributed by atoms with E-state index in [4.69, 9.17) is 0 Å². The number of piperazine rings is 1. The molecule has 2 amide bonds. The second-order valence-corrected chi connectivity index (χ2v) is 9.70. The Morgan fingerprint density at radius 3 is 2.27 bits per heavy atom. The number of hydrogen-bond acceptors (Lipinski definition) is 5. The third kappa shape index (κ3) is 8.05. The van der Waals surface area contributed by atoms with Gasteiger partial charge < -0.3 is 26.0 Å². The minimum atomic E-state index is -1.03. The number of carbonyl (C=O) groups is 2. The van der Waals surface area contributed by atoms with E-state index in [1.165, 1.54) is 12.1 Å². The van der Waals surface area contributed by atoms with E-state index >= 15 is 0 Å². The van der Waals surface area contributed by atoms with Crippen molar-refractivity contribution >= 4 is 11.8 Å². The quantitative estimate of drug-likeness (QED) is 0.369. The highest BCUT2D eigenvalue weighted by atomic mass is 19.1. The molecule has 3 atom stereocenters. The Hall–Kier alpha value is -2.88. The van der Waals surface area contributed by atoms with Gasteiger partial charge in [0.15, 0.2) is 0 Å². The zero-order valence-electron chi connectivity index (χ0n) is 21.8. The molecular weight excluding hydrogens is 478 g/mol. The van der Waals surface area contributed by atoms with Crippen molar-refractivity contribution in [3.05, 3.63) is 70.3 Å². The molecule has 37 heavy (non-hydrogen) atoms. The Bertz CT molecular complexity index is 1050. The molecule has 7 nitrogen and oxygen atoms in total. The van der Waals surface area contributed by atoms with Gasteiger partial charge in [-0.05, 0) is 67.6 Å². The summed E-state index contributed by atoms with van der Waals surface area (Å²) in [6.07, 6.45) is 0.654. The molecule has 0 unspecified atom stereocenters. The molecule has 1 aliphatic rings. The number of aliphatic hydroxyl groups is 1. The van der Waals surface area contributed by atoms with Gasteiger partial charge in [-0.25, -0.2) is 8.78 Å². The van der Waals surface area contributed by atoms with Crippen molar-refractivity contribution in [2.24, 2.45) is 0 Å². The third-order valence-corrected chi connectivity index (χ3v) is 6.45. The molecule has 1 heterocycles. The van der Waals surface area contributed by atoms with Crippen LogP contribution in [0.2, 0.25) is 0 Å². The number of hydrogen-bond donors (Lipinski definition) is 4. The molecule has 3 rings (SSSR count). The van der Waals surface area contributed by atoms with Gasteiger partial charge in [0.2, 0.25) is 0 Å². The maximum Gasteiger partial charge on any atom is 0.253 e. The lowest BCUT2D eigenvalue weighted by Gasteiger charge is -2.34. The predicted molar refractivity (Wildman–Crippen MR) is 140 cm³/mol. The van der Waals surface area contributed by atoms with Crippen molar-refractivity contribution in [2.75, 3.05) is 32.7 Å². The van der Waals surface area contributed by atoms with E-state index in [1.54, 1.807) is 23.1 Å². The van der Waals surface area contributed by atoms with Crippen LogP contribution in [0, 0.1) is 18.6 Å². The summed E-state index contributed by atoms with van der Waals surface area (Å²) in [5, 5.41) is 20.4. The number of rotatable bonds is 11. The molecule has 9 heteroatoms. The summed E-state index contributed by atoms with van der Waals surface area (Å²) in [6, 6.07) is 6.99. The number of benzene rings is 2. The number of carbonyl (C=O) groups excluding carboxylic acids is 2. The van der Waals surface area contributed by atoms with E-state index in [1.807, 2.05) is 20.8 Å². The van der Waals surface area contributed by atoms with Crippen molar-refractivity contribution in [3.8, 4) is 0 Å². The van der Waals surface area contributed by atoms with Crippen LogP contribution in [0.3, 0.4) is 0 Å². The van der Waals surface area contributed by atoms with Crippen LogP contribution in [0.1, 0.15) is 58.5 Å². The fourth-order valence-corrected chi connectivity index (χ4v) is 4.76. The smallest absolute Gasteiger partial charge is 0.253 e. The van der Waals surface area contributed by atoms with Crippen LogP contribution in [0.25, 0.3) is 0 Å². The van der Waals surface area contributed by atoms with Gasteiger partial charge in [-0.2, -0.15) is 0 Å². The fourth-order valence-electron chi connectivity index (χ4n) is 4.76. The third-order valence-electron chi connectivity index (χ3n) is 6.45. The van der Waals surface area contributed by atoms with Gasteiger partial charge in [-0.1, -0.05) is 13.8 Å². The van der Waals surface area contributed by atoms with E-state index in [0.717, 1.165) is 31.0 Å². The average Bonchev–Trinajstić information content (AvgIpc) is 2.87. The summed E-state index contributed by atoms with van der Waals surface area (Å²) in [5.74, 6) is -2.05. The highest BCUT2D eigenvalue weighted by molar-refractivity contribution is 6.00. The number of aliphatic hydroxyl groups excluding tert-OH is 1. The van der Waals surface area contributed by atoms with Crippen LogP contribution in [0.5, 0.6) is 0 Å². The van der Waals surface area contributed by atoms with Crippen LogP contribution in [0.4, 0.5) is 8.78 Å². The zero-order valence-corrected chi connectivity index (χ0v) is 21.8. The lowest BCUT2D eigenvalue weighted by Crippen LogP contribution is -2.60. The summed E-state index contributed by atoms with van der Waals surface area (Å²) in [4.78, 5) is 28.3. The maximum atomic E-state index is 13.9. The highest BCUT2D eigenvalue weighted by Crippen LogP contribution is 2.17. The van der Waals surface area contributed by atoms with Gasteiger partial charge in [0.1, 0.15) is 11.6 Å². The number of nitrogens with zero attached hydrogens (tertiary/aromatic N) is 1. The van der Waals surface area contributed by atoms with E-state index in [9.17, 15) is 23.5 Å². The summed E-state index contributed by atoms with van der Waals surface area (Å²) in [7, 11) is 0. The van der Waals surface area contributed by atoms with Gasteiger partial charge in [0, 0.05) is 56.0 Å². The lowest BCUT2D eigenvalue weighted by atomic mass is 9.94. The molecule has 0 saturated carbocycles. The topological polar surface area (TPSA) is 93.7 Å². The maximum absolute atomic E-state index is 13.9. The summed E-state index contributed by atoms with van der Waals surface area (Å²) < 4.78 is 27.7. The van der Waals surface area contributed by atoms with Gasteiger partial charge in [0.25, 0.3) is 11.8 Å². The molecule has 1 aliphatic heterocycles. The molecule has 0 bridgehead atoms. The minimum Gasteiger partial charge on any atom is -0.389 e. The normalized spacial score (nSPS) is 17.2. The predicted octanol–water partition coefficient (Wildman–Crippen LogP) is 2.80. The van der Waals surface area contributed by atoms with Crippen LogP contribution in [-0.2, 0) is 6.42 Å². The van der Waals surface area contributed by atoms with E-state index in [0.29, 0.717) is 37.3 Å². The molecule has 0 spiro atoms. The Labute approximate surface area is 217 Å². The first kappa shape index (κ1) is 28.7. The van der Waals surface area contributed by atoms with Crippen molar-refractivity contribution in [1.29, 1.82) is 0 Å². The monoisotopic (exact) mass is 516 g/mol. The first-order valence-corrected chi connectivity index (χ1v) is 13.0. The second-order valence-electron chi connectivity index (χ2n) is 9.70. The molecule has 1 saturated heterocycles. The summed E-state index contributed by atoms with van der Waals surface area (Å²) in [5.41, 5.74) is 1.79. The Morgan fingerprint density at radius 1 is 1.03 bits per heavy atom. The zero-order chi connectivity index (χ0) is 26.9. The Morgan fingerprint density at radius 2 is 1.68 bits per heavy atom. The SMILES string of the molecule is CCCN(CCC)C(=O)c1cc(C)cc(C(=O)N[C@@H](Cc2cc(F)cc(F)c2)[C@H](O)[C@H]2CNCCN2)c1. The standard InChI is InChI=1S/C28H38F2N4O3/c1-4-8-34(9-5-2)28(37)21-11-18(3)10-20(15-21)27(36)33-24(26(35)25-17-31-6-7-32-25)14-19-12-22(29)16-23(30)13-19/h10-13,15-16,24-26,31-32,35H,4-9,14,17H2,1-3H3,(H,33,36)/t24-,25+,26-/m0/s1.